The highest BCUT2D eigenvalue weighted by Gasteiger charge is 2.27. The third kappa shape index (κ3) is 3.52. The van der Waals surface area contributed by atoms with E-state index in [1.54, 1.807) is 38.2 Å². The number of nitrogens with one attached hydrogen (secondary N) is 1. The molecule has 30 heavy (non-hydrogen) atoms. The molecule has 0 aromatic heterocycles. The number of aryl methyl sites for hydroxylation is 3. The Hall–Kier alpha value is -3.32. The molecule has 0 aliphatic carbocycles. The van der Waals surface area contributed by atoms with Gasteiger partial charge in [-0.25, -0.2) is 8.42 Å². The molecule has 0 bridgehead atoms. The van der Waals surface area contributed by atoms with Crippen LogP contribution in [-0.4, -0.2) is 21.4 Å². The predicted molar refractivity (Wildman–Crippen MR) is 117 cm³/mol. The minimum Gasteiger partial charge on any atom is -0.454 e. The Morgan fingerprint density at radius 1 is 0.867 bits per heavy atom. The highest BCUT2D eigenvalue weighted by molar-refractivity contribution is 7.92. The highest BCUT2D eigenvalue weighted by Crippen LogP contribution is 2.39. The molecule has 0 saturated carbocycles. The zero-order chi connectivity index (χ0) is 21.6. The van der Waals surface area contributed by atoms with Crippen molar-refractivity contribution in [2.75, 3.05) is 16.7 Å². The summed E-state index contributed by atoms with van der Waals surface area (Å²) in [6.07, 6.45) is 0. The molecular weight excluding hydrogens is 400 g/mol. The summed E-state index contributed by atoms with van der Waals surface area (Å²) in [5.41, 5.74) is 3.88. The SMILES string of the molecule is Cc1ccc(S(=O)(=O)Nc2ccc3c(c2)C(=O)N(C)c2cc(C)ccc2O3)c(C)c1. The lowest BCUT2D eigenvalue weighted by molar-refractivity contribution is 0.0993. The summed E-state index contributed by atoms with van der Waals surface area (Å²) in [5, 5.41) is 0. The third-order valence-electron chi connectivity index (χ3n) is 5.08. The lowest BCUT2D eigenvalue weighted by Crippen LogP contribution is -2.25. The number of rotatable bonds is 3. The average molecular weight is 423 g/mol. The number of ether oxygens (including phenoxy) is 1. The average Bonchev–Trinajstić information content (AvgIpc) is 2.77. The Bertz CT molecular complexity index is 1280. The van der Waals surface area contributed by atoms with Crippen molar-refractivity contribution < 1.29 is 17.9 Å². The highest BCUT2D eigenvalue weighted by atomic mass is 32.2. The summed E-state index contributed by atoms with van der Waals surface area (Å²) >= 11 is 0. The largest absolute Gasteiger partial charge is 0.454 e. The maximum atomic E-state index is 13.1. The smallest absolute Gasteiger partial charge is 0.262 e. The van der Waals surface area contributed by atoms with Gasteiger partial charge in [0, 0.05) is 12.7 Å². The molecule has 0 spiro atoms. The van der Waals surface area contributed by atoms with Crippen LogP contribution in [0.15, 0.2) is 59.5 Å². The summed E-state index contributed by atoms with van der Waals surface area (Å²) in [5.74, 6) is 0.671. The first-order valence-corrected chi connectivity index (χ1v) is 10.9. The summed E-state index contributed by atoms with van der Waals surface area (Å²) in [4.78, 5) is 14.8. The van der Waals surface area contributed by atoms with Crippen molar-refractivity contribution in [2.45, 2.75) is 25.7 Å². The minimum absolute atomic E-state index is 0.200. The first kappa shape index (κ1) is 20.0. The number of benzene rings is 3. The van der Waals surface area contributed by atoms with E-state index in [1.807, 2.05) is 38.1 Å². The van der Waals surface area contributed by atoms with E-state index in [-0.39, 0.29) is 16.4 Å². The number of carbonyl (C=O) groups is 1. The number of nitrogens with zero attached hydrogens (tertiary/aromatic N) is 1. The fourth-order valence-corrected chi connectivity index (χ4v) is 4.82. The summed E-state index contributed by atoms with van der Waals surface area (Å²) < 4.78 is 34.3. The van der Waals surface area contributed by atoms with Crippen LogP contribution < -0.4 is 14.4 Å². The van der Waals surface area contributed by atoms with Gasteiger partial charge < -0.3 is 9.64 Å². The predicted octanol–water partition coefficient (Wildman–Crippen LogP) is 4.79. The van der Waals surface area contributed by atoms with Crippen LogP contribution in [-0.2, 0) is 10.0 Å². The zero-order valence-corrected chi connectivity index (χ0v) is 18.0. The fraction of sp³-hybridized carbons (Fsp3) is 0.174. The Balaban J connectivity index is 1.71. The van der Waals surface area contributed by atoms with Crippen molar-refractivity contribution in [1.29, 1.82) is 0 Å². The number of sulfonamides is 1. The first-order valence-electron chi connectivity index (χ1n) is 9.46. The Labute approximate surface area is 176 Å². The van der Waals surface area contributed by atoms with Gasteiger partial charge in [0.25, 0.3) is 15.9 Å². The van der Waals surface area contributed by atoms with E-state index in [0.29, 0.717) is 28.4 Å². The van der Waals surface area contributed by atoms with E-state index in [9.17, 15) is 13.2 Å². The lowest BCUT2D eigenvalue weighted by Gasteiger charge is -2.17. The molecule has 4 rings (SSSR count). The van der Waals surface area contributed by atoms with Gasteiger partial charge in [0.2, 0.25) is 0 Å². The van der Waals surface area contributed by atoms with Crippen molar-refractivity contribution in [3.05, 3.63) is 76.9 Å². The Kier molecular flexibility index (Phi) is 4.78. The monoisotopic (exact) mass is 422 g/mol. The molecule has 6 nitrogen and oxygen atoms in total. The number of carbonyl (C=O) groups excluding carboxylic acids is 1. The molecule has 3 aromatic carbocycles. The fourth-order valence-electron chi connectivity index (χ4n) is 3.54. The van der Waals surface area contributed by atoms with Crippen LogP contribution in [0.1, 0.15) is 27.0 Å². The van der Waals surface area contributed by atoms with Gasteiger partial charge in [-0.3, -0.25) is 9.52 Å². The molecule has 0 fully saturated rings. The zero-order valence-electron chi connectivity index (χ0n) is 17.2. The van der Waals surface area contributed by atoms with Crippen LogP contribution in [0.25, 0.3) is 0 Å². The van der Waals surface area contributed by atoms with Crippen LogP contribution in [0.5, 0.6) is 11.5 Å². The normalized spacial score (nSPS) is 13.2. The molecule has 3 aromatic rings. The molecule has 1 N–H and O–H groups in total. The van der Waals surface area contributed by atoms with Gasteiger partial charge in [0.15, 0.2) is 5.75 Å². The molecule has 1 heterocycles. The lowest BCUT2D eigenvalue weighted by atomic mass is 10.1. The van der Waals surface area contributed by atoms with E-state index in [0.717, 1.165) is 11.1 Å². The maximum Gasteiger partial charge on any atom is 0.262 e. The van der Waals surface area contributed by atoms with Crippen LogP contribution in [0.4, 0.5) is 11.4 Å². The number of hydrogen-bond donors (Lipinski definition) is 1. The summed E-state index contributed by atoms with van der Waals surface area (Å²) in [6.45, 7) is 5.60. The van der Waals surface area contributed by atoms with Crippen LogP contribution in [0.3, 0.4) is 0 Å². The van der Waals surface area contributed by atoms with Crippen molar-refractivity contribution in [3.8, 4) is 11.5 Å². The Morgan fingerprint density at radius 2 is 1.53 bits per heavy atom. The van der Waals surface area contributed by atoms with Crippen LogP contribution >= 0.6 is 0 Å². The topological polar surface area (TPSA) is 75.7 Å². The van der Waals surface area contributed by atoms with E-state index >= 15 is 0 Å². The first-order chi connectivity index (χ1) is 14.2. The second-order valence-corrected chi connectivity index (χ2v) is 9.17. The number of hydrogen-bond acceptors (Lipinski definition) is 4. The maximum absolute atomic E-state index is 13.1. The summed E-state index contributed by atoms with van der Waals surface area (Å²) in [6, 6.07) is 15.5. The molecule has 0 saturated heterocycles. The van der Waals surface area contributed by atoms with Gasteiger partial charge in [-0.15, -0.1) is 0 Å². The van der Waals surface area contributed by atoms with Gasteiger partial charge in [-0.1, -0.05) is 23.8 Å². The van der Waals surface area contributed by atoms with Gasteiger partial charge in [-0.05, 0) is 68.3 Å². The molecule has 0 radical (unpaired) electrons. The number of amides is 1. The van der Waals surface area contributed by atoms with E-state index in [4.69, 9.17) is 4.74 Å². The second kappa shape index (κ2) is 7.18. The standard InChI is InChI=1S/C23H22N2O4S/c1-14-6-10-22(16(3)11-14)30(27,28)24-17-7-9-20-18(13-17)23(26)25(4)19-12-15(2)5-8-21(19)29-20/h5-13,24H,1-4H3. The van der Waals surface area contributed by atoms with Gasteiger partial charge in [-0.2, -0.15) is 0 Å². The number of anilines is 2. The van der Waals surface area contributed by atoms with Crippen molar-refractivity contribution in [1.82, 2.24) is 0 Å². The molecule has 7 heteroatoms. The van der Waals surface area contributed by atoms with Gasteiger partial charge in [0.1, 0.15) is 5.75 Å². The van der Waals surface area contributed by atoms with Gasteiger partial charge in [0.05, 0.1) is 16.1 Å². The molecule has 1 aliphatic heterocycles. The Morgan fingerprint density at radius 3 is 2.27 bits per heavy atom. The molecule has 1 aliphatic rings. The molecule has 0 unspecified atom stereocenters. The number of fused-ring (bicyclic) bond motifs is 2. The van der Waals surface area contributed by atoms with Crippen molar-refractivity contribution in [2.24, 2.45) is 0 Å². The second-order valence-electron chi connectivity index (χ2n) is 7.52. The molecule has 0 atom stereocenters. The summed E-state index contributed by atoms with van der Waals surface area (Å²) in [7, 11) is -2.13. The quantitative estimate of drug-likeness (QED) is 0.658. The molecule has 154 valence electrons. The third-order valence-corrected chi connectivity index (χ3v) is 6.62. The molecular formula is C23H22N2O4S. The van der Waals surface area contributed by atoms with Gasteiger partial charge >= 0.3 is 0 Å². The minimum atomic E-state index is -3.80. The molecule has 1 amide bonds. The van der Waals surface area contributed by atoms with Crippen LogP contribution in [0, 0.1) is 20.8 Å². The van der Waals surface area contributed by atoms with Crippen molar-refractivity contribution >= 4 is 27.3 Å². The van der Waals surface area contributed by atoms with Crippen LogP contribution in [0.2, 0.25) is 0 Å². The van der Waals surface area contributed by atoms with E-state index < -0.39 is 10.0 Å². The van der Waals surface area contributed by atoms with E-state index in [2.05, 4.69) is 4.72 Å². The van der Waals surface area contributed by atoms with E-state index in [1.165, 1.54) is 11.0 Å². The van der Waals surface area contributed by atoms with Crippen molar-refractivity contribution in [3.63, 3.8) is 0 Å².